The molecular formula is C12H9Br2NO4S2. The lowest BCUT2D eigenvalue weighted by Gasteiger charge is -2.27. The Labute approximate surface area is 147 Å². The monoisotopic (exact) mass is 453 g/mol. The van der Waals surface area contributed by atoms with Crippen LogP contribution in [0.15, 0.2) is 33.2 Å². The summed E-state index contributed by atoms with van der Waals surface area (Å²) in [6, 6.07) is 0. The molecule has 0 spiro atoms. The van der Waals surface area contributed by atoms with Crippen molar-refractivity contribution in [1.29, 1.82) is 0 Å². The quantitative estimate of drug-likeness (QED) is 0.386. The molecule has 1 heterocycles. The summed E-state index contributed by atoms with van der Waals surface area (Å²) in [4.78, 5) is 22.8. The molecule has 1 aliphatic carbocycles. The van der Waals surface area contributed by atoms with E-state index in [2.05, 4.69) is 37.2 Å². The molecule has 1 saturated heterocycles. The Bertz CT molecular complexity index is 614. The Morgan fingerprint density at radius 1 is 1.67 bits per heavy atom. The largest absolute Gasteiger partial charge is 0.480 e. The molecule has 2 N–H and O–H groups in total. The van der Waals surface area contributed by atoms with Gasteiger partial charge in [0.2, 0.25) is 0 Å². The zero-order valence-corrected chi connectivity index (χ0v) is 15.2. The minimum Gasteiger partial charge on any atom is -0.480 e. The lowest BCUT2D eigenvalue weighted by molar-refractivity contribution is -0.144. The molecule has 1 amide bonds. The molecule has 0 saturated carbocycles. The summed E-state index contributed by atoms with van der Waals surface area (Å²) in [5.41, 5.74) is 0.720. The SMILES string of the molecule is O=C(O)COC1(Br)C=C(C=C2SC(=S)NC2=O)C=C(Br)C1. The number of thioether (sulfide) groups is 1. The Balaban J connectivity index is 2.23. The Morgan fingerprint density at radius 3 is 2.95 bits per heavy atom. The van der Waals surface area contributed by atoms with Crippen LogP contribution in [0.2, 0.25) is 0 Å². The minimum absolute atomic E-state index is 0.243. The summed E-state index contributed by atoms with van der Waals surface area (Å²) in [6.45, 7) is -0.425. The molecule has 0 aromatic heterocycles. The number of thiocarbonyl (C=S) groups is 1. The Kier molecular flexibility index (Phi) is 5.42. The van der Waals surface area contributed by atoms with E-state index < -0.39 is 17.1 Å². The van der Waals surface area contributed by atoms with Crippen molar-refractivity contribution in [2.75, 3.05) is 6.61 Å². The molecule has 21 heavy (non-hydrogen) atoms. The van der Waals surface area contributed by atoms with Gasteiger partial charge < -0.3 is 15.2 Å². The molecule has 1 aliphatic heterocycles. The maximum Gasteiger partial charge on any atom is 0.329 e. The van der Waals surface area contributed by atoms with E-state index in [1.807, 2.05) is 6.08 Å². The fraction of sp³-hybridized carbons (Fsp3) is 0.250. The van der Waals surface area contributed by atoms with Gasteiger partial charge in [-0.15, -0.1) is 0 Å². The number of halogens is 2. The zero-order valence-electron chi connectivity index (χ0n) is 10.4. The summed E-state index contributed by atoms with van der Waals surface area (Å²) in [5, 5.41) is 11.2. The fourth-order valence-corrected chi connectivity index (χ4v) is 4.52. The molecule has 0 bridgehead atoms. The molecule has 0 radical (unpaired) electrons. The van der Waals surface area contributed by atoms with E-state index in [-0.39, 0.29) is 5.91 Å². The normalized spacial score (nSPS) is 27.4. The first-order valence-electron chi connectivity index (χ1n) is 5.66. The second kappa shape index (κ2) is 6.74. The average Bonchev–Trinajstić information content (AvgIpc) is 2.64. The molecule has 1 atom stereocenters. The van der Waals surface area contributed by atoms with Gasteiger partial charge in [0, 0.05) is 6.42 Å². The van der Waals surface area contributed by atoms with Gasteiger partial charge in [-0.3, -0.25) is 4.79 Å². The number of hydrogen-bond acceptors (Lipinski definition) is 5. The van der Waals surface area contributed by atoms with Crippen LogP contribution in [0, 0.1) is 0 Å². The van der Waals surface area contributed by atoms with Crippen LogP contribution in [0.3, 0.4) is 0 Å². The summed E-state index contributed by atoms with van der Waals surface area (Å²) >= 11 is 12.9. The van der Waals surface area contributed by atoms with E-state index in [4.69, 9.17) is 22.1 Å². The summed E-state index contributed by atoms with van der Waals surface area (Å²) in [7, 11) is 0. The number of aliphatic carboxylic acids is 1. The smallest absolute Gasteiger partial charge is 0.329 e. The van der Waals surface area contributed by atoms with Gasteiger partial charge in [-0.05, 0) is 44.2 Å². The van der Waals surface area contributed by atoms with Gasteiger partial charge in [-0.2, -0.15) is 0 Å². The highest BCUT2D eigenvalue weighted by Crippen LogP contribution is 2.38. The highest BCUT2D eigenvalue weighted by molar-refractivity contribution is 9.12. The van der Waals surface area contributed by atoms with Crippen molar-refractivity contribution in [2.24, 2.45) is 0 Å². The number of hydrogen-bond donors (Lipinski definition) is 2. The number of carbonyl (C=O) groups excluding carboxylic acids is 1. The predicted octanol–water partition coefficient (Wildman–Crippen LogP) is 2.82. The summed E-state index contributed by atoms with van der Waals surface area (Å²) in [6.07, 6.45) is 5.69. The number of nitrogens with one attached hydrogen (secondary N) is 1. The van der Waals surface area contributed by atoms with E-state index in [1.54, 1.807) is 12.2 Å². The third kappa shape index (κ3) is 4.75. The van der Waals surface area contributed by atoms with Crippen LogP contribution < -0.4 is 5.32 Å². The van der Waals surface area contributed by atoms with Crippen molar-refractivity contribution in [3.8, 4) is 0 Å². The highest BCUT2D eigenvalue weighted by Gasteiger charge is 2.31. The van der Waals surface area contributed by atoms with Gasteiger partial charge in [0.05, 0.1) is 4.91 Å². The maximum atomic E-state index is 11.6. The van der Waals surface area contributed by atoms with E-state index in [0.29, 0.717) is 15.6 Å². The van der Waals surface area contributed by atoms with Crippen molar-refractivity contribution in [2.45, 2.75) is 10.9 Å². The van der Waals surface area contributed by atoms with E-state index in [9.17, 15) is 9.59 Å². The van der Waals surface area contributed by atoms with E-state index >= 15 is 0 Å². The minimum atomic E-state index is -1.05. The number of ether oxygens (including phenoxy) is 1. The number of carboxylic acid groups (broad SMARTS) is 1. The van der Waals surface area contributed by atoms with Crippen LogP contribution in [0.5, 0.6) is 0 Å². The third-order valence-electron chi connectivity index (χ3n) is 2.49. The Hall–Kier alpha value is -0.480. The van der Waals surface area contributed by atoms with Crippen LogP contribution in [-0.2, 0) is 14.3 Å². The van der Waals surface area contributed by atoms with Gasteiger partial charge in [-0.25, -0.2) is 4.79 Å². The molecule has 2 aliphatic rings. The van der Waals surface area contributed by atoms with Crippen LogP contribution in [-0.4, -0.2) is 32.4 Å². The molecule has 112 valence electrons. The molecule has 5 nitrogen and oxygen atoms in total. The van der Waals surface area contributed by atoms with Crippen molar-refractivity contribution in [3.05, 3.63) is 33.2 Å². The fourth-order valence-electron chi connectivity index (χ4n) is 1.73. The molecule has 1 fully saturated rings. The first-order valence-corrected chi connectivity index (χ1v) is 8.47. The number of carboxylic acids is 1. The van der Waals surface area contributed by atoms with Crippen molar-refractivity contribution in [1.82, 2.24) is 5.32 Å². The highest BCUT2D eigenvalue weighted by atomic mass is 79.9. The Morgan fingerprint density at radius 2 is 2.38 bits per heavy atom. The van der Waals surface area contributed by atoms with Crippen molar-refractivity contribution in [3.63, 3.8) is 0 Å². The van der Waals surface area contributed by atoms with Crippen molar-refractivity contribution < 1.29 is 19.4 Å². The molecular weight excluding hydrogens is 446 g/mol. The van der Waals surface area contributed by atoms with Crippen molar-refractivity contribution >= 4 is 72.0 Å². The molecule has 2 rings (SSSR count). The second-order valence-electron chi connectivity index (χ2n) is 4.23. The van der Waals surface area contributed by atoms with Gasteiger partial charge in [0.25, 0.3) is 5.91 Å². The first-order chi connectivity index (χ1) is 9.77. The number of alkyl halides is 1. The predicted molar refractivity (Wildman–Crippen MR) is 91.4 cm³/mol. The number of rotatable bonds is 4. The standard InChI is InChI=1S/C12H9Br2NO4S2/c13-7-1-6(2-8-10(18)15-11(20)21-8)3-12(14,4-7)19-5-9(16)17/h1-3H,4-5H2,(H,16,17)(H,15,18,20). The number of allylic oxidation sites excluding steroid dienone is 3. The topological polar surface area (TPSA) is 75.6 Å². The lowest BCUT2D eigenvalue weighted by Crippen LogP contribution is -2.27. The van der Waals surface area contributed by atoms with Gasteiger partial charge >= 0.3 is 5.97 Å². The van der Waals surface area contributed by atoms with Crippen LogP contribution in [0.25, 0.3) is 0 Å². The van der Waals surface area contributed by atoms with Crippen LogP contribution in [0.1, 0.15) is 6.42 Å². The van der Waals surface area contributed by atoms with Gasteiger partial charge in [-0.1, -0.05) is 39.9 Å². The first kappa shape index (κ1) is 16.9. The number of carbonyl (C=O) groups is 2. The molecule has 9 heteroatoms. The molecule has 0 aromatic rings. The molecule has 1 unspecified atom stereocenters. The van der Waals surface area contributed by atoms with Gasteiger partial charge in [0.1, 0.15) is 15.4 Å². The second-order valence-corrected chi connectivity index (χ2v) is 8.31. The maximum absolute atomic E-state index is 11.6. The number of amides is 1. The molecule has 0 aromatic carbocycles. The summed E-state index contributed by atoms with van der Waals surface area (Å²) in [5.74, 6) is -1.29. The van der Waals surface area contributed by atoms with E-state index in [0.717, 1.165) is 10.1 Å². The van der Waals surface area contributed by atoms with Crippen LogP contribution >= 0.6 is 55.8 Å². The van der Waals surface area contributed by atoms with E-state index in [1.165, 1.54) is 11.8 Å². The average molecular weight is 455 g/mol. The zero-order chi connectivity index (χ0) is 15.6. The van der Waals surface area contributed by atoms with Crippen LogP contribution in [0.4, 0.5) is 0 Å². The third-order valence-corrected chi connectivity index (χ3v) is 4.90. The summed E-state index contributed by atoms with van der Waals surface area (Å²) < 4.78 is 5.67. The van der Waals surface area contributed by atoms with Gasteiger partial charge in [0.15, 0.2) is 0 Å². The lowest BCUT2D eigenvalue weighted by atomic mass is 10.0.